The van der Waals surface area contributed by atoms with Gasteiger partial charge in [-0.1, -0.05) is 23.7 Å². The van der Waals surface area contributed by atoms with Gasteiger partial charge in [-0.15, -0.1) is 0 Å². The molecule has 2 aromatic carbocycles. The molecule has 0 heterocycles. The van der Waals surface area contributed by atoms with Crippen LogP contribution in [0.4, 0.5) is 5.69 Å². The molecule has 24 heavy (non-hydrogen) atoms. The molecule has 0 saturated carbocycles. The Balaban J connectivity index is 1.97. The molecule has 0 saturated heterocycles. The monoisotopic (exact) mass is 347 g/mol. The van der Waals surface area contributed by atoms with E-state index in [9.17, 15) is 14.7 Å². The molecule has 0 aliphatic heterocycles. The largest absolute Gasteiger partial charge is 0.497 e. The molecular formula is C18H18ClNO4. The minimum absolute atomic E-state index is 0.107. The van der Waals surface area contributed by atoms with E-state index < -0.39 is 11.9 Å². The number of halogens is 1. The molecule has 1 amide bonds. The minimum atomic E-state index is -1.00. The summed E-state index contributed by atoms with van der Waals surface area (Å²) in [6.45, 7) is 0. The van der Waals surface area contributed by atoms with Crippen molar-refractivity contribution in [3.8, 4) is 5.75 Å². The highest BCUT2D eigenvalue weighted by molar-refractivity contribution is 6.30. The van der Waals surface area contributed by atoms with E-state index in [2.05, 4.69) is 5.32 Å². The zero-order valence-electron chi connectivity index (χ0n) is 13.2. The number of hydrogen-bond acceptors (Lipinski definition) is 3. The second-order valence-electron chi connectivity index (χ2n) is 5.35. The van der Waals surface area contributed by atoms with Gasteiger partial charge in [0.05, 0.1) is 13.0 Å². The third-order valence-corrected chi connectivity index (χ3v) is 3.80. The first-order valence-corrected chi connectivity index (χ1v) is 7.77. The van der Waals surface area contributed by atoms with Crippen molar-refractivity contribution in [1.82, 2.24) is 0 Å². The third-order valence-electron chi connectivity index (χ3n) is 3.55. The molecular weight excluding hydrogens is 330 g/mol. The maximum absolute atomic E-state index is 12.1. The Kier molecular flexibility index (Phi) is 6.21. The van der Waals surface area contributed by atoms with Crippen LogP contribution < -0.4 is 10.1 Å². The summed E-state index contributed by atoms with van der Waals surface area (Å²) in [5, 5.41) is 12.6. The third kappa shape index (κ3) is 5.28. The summed E-state index contributed by atoms with van der Waals surface area (Å²) >= 11 is 5.79. The molecule has 0 fully saturated rings. The fraction of sp³-hybridized carbons (Fsp3) is 0.222. The van der Waals surface area contributed by atoms with Gasteiger partial charge in [0.15, 0.2) is 0 Å². The van der Waals surface area contributed by atoms with E-state index in [0.717, 1.165) is 5.56 Å². The quantitative estimate of drug-likeness (QED) is 0.802. The summed E-state index contributed by atoms with van der Waals surface area (Å²) in [5.41, 5.74) is 1.42. The van der Waals surface area contributed by atoms with Crippen LogP contribution >= 0.6 is 11.6 Å². The number of carboxylic acids is 1. The van der Waals surface area contributed by atoms with Gasteiger partial charge in [0.1, 0.15) is 5.75 Å². The van der Waals surface area contributed by atoms with Crippen LogP contribution in [0.5, 0.6) is 5.75 Å². The molecule has 0 radical (unpaired) electrons. The lowest BCUT2D eigenvalue weighted by Gasteiger charge is -2.13. The number of ether oxygens (including phenoxy) is 1. The maximum atomic E-state index is 12.1. The number of rotatable bonds is 7. The Morgan fingerprint density at radius 1 is 1.12 bits per heavy atom. The standard InChI is InChI=1S/C18H18ClNO4/c1-24-16-8-2-12(3-9-16)10-13(18(22)23)11-17(21)20-15-6-4-14(19)5-7-15/h2-9,13H,10-11H2,1H3,(H,20,21)(H,22,23)/t13-/m1/s1. The highest BCUT2D eigenvalue weighted by Gasteiger charge is 2.22. The number of aliphatic carboxylic acids is 1. The maximum Gasteiger partial charge on any atom is 0.307 e. The van der Waals surface area contributed by atoms with Crippen molar-refractivity contribution in [3.05, 3.63) is 59.1 Å². The van der Waals surface area contributed by atoms with Crippen LogP contribution in [0, 0.1) is 5.92 Å². The minimum Gasteiger partial charge on any atom is -0.497 e. The first kappa shape index (κ1) is 17.8. The number of carbonyl (C=O) groups is 2. The Labute approximate surface area is 145 Å². The summed E-state index contributed by atoms with van der Waals surface area (Å²) < 4.78 is 5.07. The van der Waals surface area contributed by atoms with E-state index in [1.807, 2.05) is 0 Å². The molecule has 0 aliphatic carbocycles. The molecule has 0 bridgehead atoms. The van der Waals surface area contributed by atoms with E-state index in [4.69, 9.17) is 16.3 Å². The Bertz CT molecular complexity index is 698. The molecule has 1 atom stereocenters. The fourth-order valence-electron chi connectivity index (χ4n) is 2.26. The van der Waals surface area contributed by atoms with Gasteiger partial charge in [-0.05, 0) is 48.4 Å². The predicted octanol–water partition coefficient (Wildman–Crippen LogP) is 3.62. The summed E-state index contributed by atoms with van der Waals surface area (Å²) in [6.07, 6.45) is 0.164. The second-order valence-corrected chi connectivity index (χ2v) is 5.78. The molecule has 6 heteroatoms. The molecule has 2 rings (SSSR count). The molecule has 2 N–H and O–H groups in total. The first-order chi connectivity index (χ1) is 11.5. The van der Waals surface area contributed by atoms with Gasteiger partial charge in [-0.25, -0.2) is 0 Å². The van der Waals surface area contributed by atoms with Crippen LogP contribution in [-0.4, -0.2) is 24.1 Å². The number of carboxylic acid groups (broad SMARTS) is 1. The molecule has 2 aromatic rings. The number of nitrogens with one attached hydrogen (secondary N) is 1. The van der Waals surface area contributed by atoms with Crippen molar-refractivity contribution in [1.29, 1.82) is 0 Å². The summed E-state index contributed by atoms with van der Waals surface area (Å²) in [4.78, 5) is 23.5. The highest BCUT2D eigenvalue weighted by atomic mass is 35.5. The van der Waals surface area contributed by atoms with E-state index in [0.29, 0.717) is 16.5 Å². The van der Waals surface area contributed by atoms with E-state index in [1.54, 1.807) is 55.6 Å². The van der Waals surface area contributed by atoms with E-state index in [1.165, 1.54) is 0 Å². The second kappa shape index (κ2) is 8.36. The van der Waals surface area contributed by atoms with Gasteiger partial charge in [0, 0.05) is 17.1 Å². The van der Waals surface area contributed by atoms with E-state index >= 15 is 0 Å². The summed E-state index contributed by atoms with van der Waals surface area (Å²) in [6, 6.07) is 13.8. The lowest BCUT2D eigenvalue weighted by molar-refractivity contribution is -0.143. The summed E-state index contributed by atoms with van der Waals surface area (Å²) in [5.74, 6) is -1.45. The van der Waals surface area contributed by atoms with Crippen molar-refractivity contribution in [2.45, 2.75) is 12.8 Å². The average molecular weight is 348 g/mol. The lowest BCUT2D eigenvalue weighted by Crippen LogP contribution is -2.24. The Hall–Kier alpha value is -2.53. The van der Waals surface area contributed by atoms with Crippen LogP contribution in [0.1, 0.15) is 12.0 Å². The van der Waals surface area contributed by atoms with Gasteiger partial charge in [0.25, 0.3) is 0 Å². The van der Waals surface area contributed by atoms with Gasteiger partial charge >= 0.3 is 5.97 Å². The van der Waals surface area contributed by atoms with Crippen molar-refractivity contribution in [2.75, 3.05) is 12.4 Å². The van der Waals surface area contributed by atoms with Crippen molar-refractivity contribution >= 4 is 29.2 Å². The first-order valence-electron chi connectivity index (χ1n) is 7.39. The summed E-state index contributed by atoms with van der Waals surface area (Å²) in [7, 11) is 1.57. The zero-order chi connectivity index (χ0) is 17.5. The topological polar surface area (TPSA) is 75.6 Å². The SMILES string of the molecule is COc1ccc(C[C@H](CC(=O)Nc2ccc(Cl)cc2)C(=O)O)cc1. The zero-order valence-corrected chi connectivity index (χ0v) is 13.9. The number of hydrogen-bond donors (Lipinski definition) is 2. The van der Waals surface area contributed by atoms with Crippen LogP contribution in [0.15, 0.2) is 48.5 Å². The Morgan fingerprint density at radius 2 is 1.75 bits per heavy atom. The smallest absolute Gasteiger partial charge is 0.307 e. The van der Waals surface area contributed by atoms with Gasteiger partial charge in [0.2, 0.25) is 5.91 Å². The number of anilines is 1. The molecule has 126 valence electrons. The van der Waals surface area contributed by atoms with Crippen molar-refractivity contribution in [3.63, 3.8) is 0 Å². The highest BCUT2D eigenvalue weighted by Crippen LogP contribution is 2.18. The molecule has 5 nitrogen and oxygen atoms in total. The van der Waals surface area contributed by atoms with Crippen molar-refractivity contribution in [2.24, 2.45) is 5.92 Å². The van der Waals surface area contributed by atoms with Gasteiger partial charge < -0.3 is 15.2 Å². The predicted molar refractivity (Wildman–Crippen MR) is 92.5 cm³/mol. The van der Waals surface area contributed by atoms with Crippen LogP contribution in [0.3, 0.4) is 0 Å². The molecule has 0 aromatic heterocycles. The number of amides is 1. The molecule has 0 spiro atoms. The Morgan fingerprint density at radius 3 is 2.29 bits per heavy atom. The van der Waals surface area contributed by atoms with Crippen LogP contribution in [0.25, 0.3) is 0 Å². The van der Waals surface area contributed by atoms with Crippen LogP contribution in [0.2, 0.25) is 5.02 Å². The average Bonchev–Trinajstić information content (AvgIpc) is 2.57. The van der Waals surface area contributed by atoms with Crippen molar-refractivity contribution < 1.29 is 19.4 Å². The molecule has 0 unspecified atom stereocenters. The number of methoxy groups -OCH3 is 1. The van der Waals surface area contributed by atoms with E-state index in [-0.39, 0.29) is 18.7 Å². The fourth-order valence-corrected chi connectivity index (χ4v) is 2.39. The normalized spacial score (nSPS) is 11.6. The lowest BCUT2D eigenvalue weighted by atomic mass is 9.96. The molecule has 0 aliphatic rings. The van der Waals surface area contributed by atoms with Gasteiger partial charge in [-0.2, -0.15) is 0 Å². The number of carbonyl (C=O) groups excluding carboxylic acids is 1. The van der Waals surface area contributed by atoms with Crippen LogP contribution in [-0.2, 0) is 16.0 Å². The van der Waals surface area contributed by atoms with Gasteiger partial charge in [-0.3, -0.25) is 9.59 Å². The number of benzene rings is 2.